The van der Waals surface area contributed by atoms with Gasteiger partial charge in [0.25, 0.3) is 0 Å². The normalized spacial score (nSPS) is 9.94. The van der Waals surface area contributed by atoms with Crippen LogP contribution >= 0.6 is 0 Å². The van der Waals surface area contributed by atoms with Crippen molar-refractivity contribution in [3.05, 3.63) is 29.3 Å². The molecule has 1 N–H and O–H groups in total. The Morgan fingerprint density at radius 1 is 1.44 bits per heavy atom. The number of aliphatic hydroxyl groups excluding tert-OH is 1. The minimum atomic E-state index is -0.425. The number of hydrogen-bond donors (Lipinski definition) is 1. The summed E-state index contributed by atoms with van der Waals surface area (Å²) < 4.78 is 9.98. The van der Waals surface area contributed by atoms with Crippen LogP contribution in [0.2, 0.25) is 0 Å². The summed E-state index contributed by atoms with van der Waals surface area (Å²) in [5.74, 6) is 0.340. The molecule has 0 fully saturated rings. The number of aryl methyl sites for hydroxylation is 1. The molecule has 0 radical (unpaired) electrons. The van der Waals surface area contributed by atoms with Gasteiger partial charge in [-0.05, 0) is 30.2 Å². The van der Waals surface area contributed by atoms with E-state index in [0.29, 0.717) is 5.56 Å². The summed E-state index contributed by atoms with van der Waals surface area (Å²) in [7, 11) is 1.60. The average molecular weight is 224 g/mol. The van der Waals surface area contributed by atoms with Crippen LogP contribution < -0.4 is 4.74 Å². The highest BCUT2D eigenvalue weighted by Gasteiger charge is 2.10. The van der Waals surface area contributed by atoms with Gasteiger partial charge in [-0.2, -0.15) is 0 Å². The Morgan fingerprint density at radius 3 is 2.75 bits per heavy atom. The molecule has 0 aliphatic rings. The summed E-state index contributed by atoms with van der Waals surface area (Å²) >= 11 is 0. The Bertz CT molecular complexity index is 360. The molecular weight excluding hydrogens is 208 g/mol. The maximum atomic E-state index is 11.5. The second-order valence-corrected chi connectivity index (χ2v) is 3.24. The number of benzene rings is 1. The summed E-state index contributed by atoms with van der Waals surface area (Å²) in [6, 6.07) is 5.14. The van der Waals surface area contributed by atoms with Gasteiger partial charge in [-0.25, -0.2) is 4.79 Å². The second kappa shape index (κ2) is 6.12. The van der Waals surface area contributed by atoms with E-state index in [1.807, 2.05) is 6.92 Å². The molecule has 0 bridgehead atoms. The number of carbonyl (C=O) groups is 1. The van der Waals surface area contributed by atoms with E-state index >= 15 is 0 Å². The molecule has 0 atom stereocenters. The van der Waals surface area contributed by atoms with Crippen LogP contribution in [0.4, 0.5) is 0 Å². The van der Waals surface area contributed by atoms with Gasteiger partial charge in [0.15, 0.2) is 0 Å². The first kappa shape index (κ1) is 12.5. The molecule has 0 spiro atoms. The van der Waals surface area contributed by atoms with E-state index in [0.717, 1.165) is 17.7 Å². The zero-order valence-corrected chi connectivity index (χ0v) is 9.53. The van der Waals surface area contributed by atoms with E-state index in [2.05, 4.69) is 0 Å². The Morgan fingerprint density at radius 2 is 2.19 bits per heavy atom. The Labute approximate surface area is 94.8 Å². The van der Waals surface area contributed by atoms with Gasteiger partial charge in [0.05, 0.1) is 19.3 Å². The van der Waals surface area contributed by atoms with Crippen LogP contribution in [0.3, 0.4) is 0 Å². The third-order valence-electron chi connectivity index (χ3n) is 2.22. The van der Waals surface area contributed by atoms with E-state index in [9.17, 15) is 4.79 Å². The van der Waals surface area contributed by atoms with Crippen molar-refractivity contribution in [3.8, 4) is 5.75 Å². The van der Waals surface area contributed by atoms with Gasteiger partial charge >= 0.3 is 5.97 Å². The minimum Gasteiger partial charge on any atom is -0.496 e. The smallest absolute Gasteiger partial charge is 0.338 e. The van der Waals surface area contributed by atoms with Crippen molar-refractivity contribution in [1.82, 2.24) is 0 Å². The predicted octanol–water partition coefficient (Wildman–Crippen LogP) is 1.41. The molecule has 0 aliphatic carbocycles. The number of carbonyl (C=O) groups excluding carboxylic acids is 1. The molecule has 0 saturated heterocycles. The summed E-state index contributed by atoms with van der Waals surface area (Å²) in [5.41, 5.74) is 1.44. The highest BCUT2D eigenvalue weighted by atomic mass is 16.5. The Hall–Kier alpha value is -1.55. The maximum absolute atomic E-state index is 11.5. The molecule has 4 heteroatoms. The van der Waals surface area contributed by atoms with Gasteiger partial charge in [0, 0.05) is 0 Å². The van der Waals surface area contributed by atoms with Gasteiger partial charge in [-0.1, -0.05) is 6.92 Å². The highest BCUT2D eigenvalue weighted by molar-refractivity contribution is 5.89. The van der Waals surface area contributed by atoms with Crippen molar-refractivity contribution in [2.45, 2.75) is 13.3 Å². The summed E-state index contributed by atoms with van der Waals surface area (Å²) in [4.78, 5) is 11.5. The molecular formula is C12H16O4. The molecule has 0 aliphatic heterocycles. The van der Waals surface area contributed by atoms with Crippen molar-refractivity contribution < 1.29 is 19.4 Å². The molecule has 1 rings (SSSR count). The SMILES string of the molecule is CCc1cc(C(=O)OCCO)ccc1OC. The van der Waals surface area contributed by atoms with Crippen LogP contribution in [0.5, 0.6) is 5.75 Å². The monoisotopic (exact) mass is 224 g/mol. The molecule has 1 aromatic carbocycles. The minimum absolute atomic E-state index is 0.0202. The lowest BCUT2D eigenvalue weighted by atomic mass is 10.1. The summed E-state index contributed by atoms with van der Waals surface area (Å²) in [5, 5.41) is 8.55. The molecule has 0 amide bonds. The number of esters is 1. The first-order valence-corrected chi connectivity index (χ1v) is 5.17. The number of rotatable bonds is 5. The zero-order chi connectivity index (χ0) is 12.0. The van der Waals surface area contributed by atoms with E-state index in [1.165, 1.54) is 0 Å². The maximum Gasteiger partial charge on any atom is 0.338 e. The van der Waals surface area contributed by atoms with Crippen LogP contribution in [-0.2, 0) is 11.2 Å². The molecule has 0 saturated carbocycles. The number of ether oxygens (including phenoxy) is 2. The highest BCUT2D eigenvalue weighted by Crippen LogP contribution is 2.20. The number of methoxy groups -OCH3 is 1. The second-order valence-electron chi connectivity index (χ2n) is 3.24. The number of hydrogen-bond acceptors (Lipinski definition) is 4. The van der Waals surface area contributed by atoms with E-state index in [4.69, 9.17) is 14.6 Å². The van der Waals surface area contributed by atoms with Crippen LogP contribution in [-0.4, -0.2) is 31.4 Å². The third kappa shape index (κ3) is 2.97. The molecule has 88 valence electrons. The van der Waals surface area contributed by atoms with Crippen LogP contribution in [0.1, 0.15) is 22.8 Å². The van der Waals surface area contributed by atoms with E-state index in [1.54, 1.807) is 25.3 Å². The molecule has 0 aromatic heterocycles. The Kier molecular flexibility index (Phi) is 4.79. The fourth-order valence-electron chi connectivity index (χ4n) is 1.40. The van der Waals surface area contributed by atoms with Gasteiger partial charge < -0.3 is 14.6 Å². The zero-order valence-electron chi connectivity index (χ0n) is 9.53. The fourth-order valence-corrected chi connectivity index (χ4v) is 1.40. The lowest BCUT2D eigenvalue weighted by Gasteiger charge is -2.08. The largest absolute Gasteiger partial charge is 0.496 e. The summed E-state index contributed by atoms with van der Waals surface area (Å²) in [6.45, 7) is 1.84. The summed E-state index contributed by atoms with van der Waals surface area (Å²) in [6.07, 6.45) is 0.782. The third-order valence-corrected chi connectivity index (χ3v) is 2.22. The quantitative estimate of drug-likeness (QED) is 0.768. The van der Waals surface area contributed by atoms with Gasteiger partial charge in [0.2, 0.25) is 0 Å². The standard InChI is InChI=1S/C12H16O4/c1-3-9-8-10(4-5-11(9)15-2)12(14)16-7-6-13/h4-5,8,13H,3,6-7H2,1-2H3. The van der Waals surface area contributed by atoms with Crippen molar-refractivity contribution in [3.63, 3.8) is 0 Å². The lowest BCUT2D eigenvalue weighted by molar-refractivity contribution is 0.0433. The average Bonchev–Trinajstić information content (AvgIpc) is 2.34. The molecule has 1 aromatic rings. The van der Waals surface area contributed by atoms with Crippen LogP contribution in [0.15, 0.2) is 18.2 Å². The van der Waals surface area contributed by atoms with Crippen molar-refractivity contribution in [1.29, 1.82) is 0 Å². The first-order valence-electron chi connectivity index (χ1n) is 5.17. The molecule has 4 nitrogen and oxygen atoms in total. The van der Waals surface area contributed by atoms with E-state index in [-0.39, 0.29) is 13.2 Å². The predicted molar refractivity (Wildman–Crippen MR) is 59.7 cm³/mol. The lowest BCUT2D eigenvalue weighted by Crippen LogP contribution is -2.09. The van der Waals surface area contributed by atoms with Crippen LogP contribution in [0.25, 0.3) is 0 Å². The fraction of sp³-hybridized carbons (Fsp3) is 0.417. The van der Waals surface area contributed by atoms with Crippen LogP contribution in [0, 0.1) is 0 Å². The number of aliphatic hydroxyl groups is 1. The van der Waals surface area contributed by atoms with Crippen molar-refractivity contribution in [2.75, 3.05) is 20.3 Å². The van der Waals surface area contributed by atoms with Gasteiger partial charge in [0.1, 0.15) is 12.4 Å². The molecule has 16 heavy (non-hydrogen) atoms. The van der Waals surface area contributed by atoms with Gasteiger partial charge in [-0.15, -0.1) is 0 Å². The molecule has 0 unspecified atom stereocenters. The van der Waals surface area contributed by atoms with E-state index < -0.39 is 5.97 Å². The van der Waals surface area contributed by atoms with Crippen molar-refractivity contribution >= 4 is 5.97 Å². The topological polar surface area (TPSA) is 55.8 Å². The van der Waals surface area contributed by atoms with Gasteiger partial charge in [-0.3, -0.25) is 0 Å². The van der Waals surface area contributed by atoms with Crippen molar-refractivity contribution in [2.24, 2.45) is 0 Å². The Balaban J connectivity index is 2.85. The first-order chi connectivity index (χ1) is 7.72. The molecule has 0 heterocycles.